The van der Waals surface area contributed by atoms with Gasteiger partial charge in [-0.05, 0) is 0 Å². The van der Waals surface area contributed by atoms with E-state index in [1.165, 1.54) is 5.69 Å². The predicted molar refractivity (Wildman–Crippen MR) is 51.4 cm³/mol. The van der Waals surface area contributed by atoms with Crippen molar-refractivity contribution in [2.45, 2.75) is 46.0 Å². The Hall–Kier alpha value is -0.790. The highest BCUT2D eigenvalue weighted by atomic mass is 14.9. The Kier molecular flexibility index (Phi) is 2.27. The number of H-pyrrole nitrogens is 1. The van der Waals surface area contributed by atoms with E-state index in [9.17, 15) is 0 Å². The number of nitrogens with one attached hydrogen (secondary N) is 1. The third-order valence-electron chi connectivity index (χ3n) is 1.95. The lowest BCUT2D eigenvalue weighted by Gasteiger charge is -2.15. The van der Waals surface area contributed by atoms with Gasteiger partial charge in [-0.2, -0.15) is 0 Å². The van der Waals surface area contributed by atoms with Gasteiger partial charge in [0.15, 0.2) is 0 Å². The van der Waals surface area contributed by atoms with Crippen molar-refractivity contribution in [2.75, 3.05) is 0 Å². The van der Waals surface area contributed by atoms with Crippen LogP contribution >= 0.6 is 0 Å². The maximum Gasteiger partial charge on any atom is 0.108 e. The number of hydrogen-bond acceptors (Lipinski definition) is 1. The van der Waals surface area contributed by atoms with Crippen LogP contribution in [-0.4, -0.2) is 9.97 Å². The quantitative estimate of drug-likeness (QED) is 0.682. The maximum absolute atomic E-state index is 4.33. The topological polar surface area (TPSA) is 28.7 Å². The zero-order chi connectivity index (χ0) is 9.35. The zero-order valence-electron chi connectivity index (χ0n) is 8.60. The molecule has 0 unspecified atom stereocenters. The third-order valence-corrected chi connectivity index (χ3v) is 1.95. The normalized spacial score (nSPS) is 12.5. The summed E-state index contributed by atoms with van der Waals surface area (Å²) in [6, 6.07) is 0. The smallest absolute Gasteiger partial charge is 0.108 e. The van der Waals surface area contributed by atoms with Gasteiger partial charge in [0.05, 0.1) is 0 Å². The fraction of sp³-hybridized carbons (Fsp3) is 0.700. The van der Waals surface area contributed by atoms with Crippen LogP contribution in [0.15, 0.2) is 6.20 Å². The molecule has 68 valence electrons. The van der Waals surface area contributed by atoms with E-state index in [4.69, 9.17) is 0 Å². The van der Waals surface area contributed by atoms with Crippen LogP contribution < -0.4 is 0 Å². The standard InChI is InChI=1S/C10H18N2/c1-7(2)9-11-6-8(12-9)10(3,4)5/h6-7H,1-5H3,(H,11,12). The van der Waals surface area contributed by atoms with Crippen molar-refractivity contribution in [3.05, 3.63) is 17.7 Å². The molecule has 1 N–H and O–H groups in total. The Balaban J connectivity index is 2.92. The molecule has 0 spiro atoms. The Morgan fingerprint density at radius 1 is 1.33 bits per heavy atom. The molecule has 0 aliphatic carbocycles. The average molecular weight is 166 g/mol. The van der Waals surface area contributed by atoms with Crippen molar-refractivity contribution in [3.8, 4) is 0 Å². The van der Waals surface area contributed by atoms with Crippen LogP contribution in [0.2, 0.25) is 0 Å². The van der Waals surface area contributed by atoms with Crippen molar-refractivity contribution < 1.29 is 0 Å². The molecule has 1 aromatic rings. The van der Waals surface area contributed by atoms with E-state index < -0.39 is 0 Å². The summed E-state index contributed by atoms with van der Waals surface area (Å²) >= 11 is 0. The van der Waals surface area contributed by atoms with E-state index in [0.717, 1.165) is 5.82 Å². The first-order valence-electron chi connectivity index (χ1n) is 4.46. The Morgan fingerprint density at radius 3 is 2.17 bits per heavy atom. The lowest BCUT2D eigenvalue weighted by molar-refractivity contribution is 0.569. The van der Waals surface area contributed by atoms with Gasteiger partial charge in [0.2, 0.25) is 0 Å². The molecule has 1 rings (SSSR count). The molecule has 0 radical (unpaired) electrons. The molecule has 0 saturated carbocycles. The van der Waals surface area contributed by atoms with Gasteiger partial charge in [-0.3, -0.25) is 0 Å². The second-order valence-electron chi connectivity index (χ2n) is 4.59. The highest BCUT2D eigenvalue weighted by molar-refractivity contribution is 5.12. The first kappa shape index (κ1) is 9.30. The molecule has 0 aliphatic heterocycles. The van der Waals surface area contributed by atoms with Gasteiger partial charge in [0.25, 0.3) is 0 Å². The molecular formula is C10H18N2. The fourth-order valence-electron chi connectivity index (χ4n) is 1.01. The zero-order valence-corrected chi connectivity index (χ0v) is 8.60. The van der Waals surface area contributed by atoms with Gasteiger partial charge in [0, 0.05) is 23.2 Å². The van der Waals surface area contributed by atoms with Crippen LogP contribution in [0.5, 0.6) is 0 Å². The maximum atomic E-state index is 4.33. The first-order valence-corrected chi connectivity index (χ1v) is 4.46. The van der Waals surface area contributed by atoms with Gasteiger partial charge < -0.3 is 4.98 Å². The van der Waals surface area contributed by atoms with Crippen molar-refractivity contribution >= 4 is 0 Å². The number of nitrogens with zero attached hydrogens (tertiary/aromatic N) is 1. The van der Waals surface area contributed by atoms with Gasteiger partial charge in [-0.25, -0.2) is 4.98 Å². The van der Waals surface area contributed by atoms with E-state index in [-0.39, 0.29) is 5.41 Å². The van der Waals surface area contributed by atoms with E-state index in [1.54, 1.807) is 0 Å². The average Bonchev–Trinajstić information content (AvgIpc) is 2.30. The van der Waals surface area contributed by atoms with Crippen LogP contribution in [0.4, 0.5) is 0 Å². The second-order valence-corrected chi connectivity index (χ2v) is 4.59. The summed E-state index contributed by atoms with van der Waals surface area (Å²) in [4.78, 5) is 7.67. The van der Waals surface area contributed by atoms with Gasteiger partial charge in [-0.1, -0.05) is 34.6 Å². The van der Waals surface area contributed by atoms with Crippen LogP contribution in [-0.2, 0) is 5.41 Å². The molecule has 0 saturated heterocycles. The summed E-state index contributed by atoms with van der Waals surface area (Å²) in [6.45, 7) is 10.8. The highest BCUT2D eigenvalue weighted by Gasteiger charge is 2.16. The molecule has 1 aromatic heterocycles. The highest BCUT2D eigenvalue weighted by Crippen LogP contribution is 2.21. The van der Waals surface area contributed by atoms with Gasteiger partial charge in [-0.15, -0.1) is 0 Å². The molecule has 0 aromatic carbocycles. The van der Waals surface area contributed by atoms with Crippen LogP contribution in [0.3, 0.4) is 0 Å². The SMILES string of the molecule is CC(C)c1ncc(C(C)(C)C)[nH]1. The van der Waals surface area contributed by atoms with Crippen LogP contribution in [0, 0.1) is 0 Å². The van der Waals surface area contributed by atoms with Crippen LogP contribution in [0.25, 0.3) is 0 Å². The summed E-state index contributed by atoms with van der Waals surface area (Å²) in [5.74, 6) is 1.57. The first-order chi connectivity index (χ1) is 5.41. The van der Waals surface area contributed by atoms with Gasteiger partial charge in [0.1, 0.15) is 5.82 Å². The molecule has 0 aliphatic rings. The van der Waals surface area contributed by atoms with Crippen LogP contribution in [0.1, 0.15) is 52.1 Å². The van der Waals surface area contributed by atoms with E-state index in [1.807, 2.05) is 6.20 Å². The Morgan fingerprint density at radius 2 is 1.92 bits per heavy atom. The molecule has 2 nitrogen and oxygen atoms in total. The predicted octanol–water partition coefficient (Wildman–Crippen LogP) is 2.83. The van der Waals surface area contributed by atoms with Crippen molar-refractivity contribution in [2.24, 2.45) is 0 Å². The number of hydrogen-bond donors (Lipinski definition) is 1. The lowest BCUT2D eigenvalue weighted by Crippen LogP contribution is -2.11. The number of aromatic nitrogens is 2. The number of imidazole rings is 1. The van der Waals surface area contributed by atoms with Gasteiger partial charge >= 0.3 is 0 Å². The molecule has 0 amide bonds. The third kappa shape index (κ3) is 1.87. The van der Waals surface area contributed by atoms with E-state index in [2.05, 4.69) is 44.6 Å². The van der Waals surface area contributed by atoms with Crippen molar-refractivity contribution in [1.29, 1.82) is 0 Å². The fourth-order valence-corrected chi connectivity index (χ4v) is 1.01. The lowest BCUT2D eigenvalue weighted by atomic mass is 9.93. The monoisotopic (exact) mass is 166 g/mol. The Bertz CT molecular complexity index is 253. The number of rotatable bonds is 1. The largest absolute Gasteiger partial charge is 0.345 e. The molecule has 12 heavy (non-hydrogen) atoms. The molecular weight excluding hydrogens is 148 g/mol. The summed E-state index contributed by atoms with van der Waals surface area (Å²) in [6.07, 6.45) is 1.94. The second kappa shape index (κ2) is 2.92. The minimum atomic E-state index is 0.181. The Labute approximate surface area is 74.4 Å². The van der Waals surface area contributed by atoms with E-state index >= 15 is 0 Å². The number of aromatic amines is 1. The summed E-state index contributed by atoms with van der Waals surface area (Å²) in [5, 5.41) is 0. The molecule has 2 heteroatoms. The van der Waals surface area contributed by atoms with E-state index in [0.29, 0.717) is 5.92 Å². The van der Waals surface area contributed by atoms with Crippen molar-refractivity contribution in [3.63, 3.8) is 0 Å². The summed E-state index contributed by atoms with van der Waals surface area (Å²) < 4.78 is 0. The minimum absolute atomic E-state index is 0.181. The minimum Gasteiger partial charge on any atom is -0.345 e. The molecule has 1 heterocycles. The summed E-state index contributed by atoms with van der Waals surface area (Å²) in [5.41, 5.74) is 1.39. The molecule has 0 bridgehead atoms. The molecule has 0 atom stereocenters. The summed E-state index contributed by atoms with van der Waals surface area (Å²) in [7, 11) is 0. The molecule has 0 fully saturated rings. The van der Waals surface area contributed by atoms with Crippen molar-refractivity contribution in [1.82, 2.24) is 9.97 Å².